The highest BCUT2D eigenvalue weighted by Gasteiger charge is 2.28. The van der Waals surface area contributed by atoms with Crippen molar-refractivity contribution in [2.24, 2.45) is 5.92 Å². The summed E-state index contributed by atoms with van der Waals surface area (Å²) in [5, 5.41) is 12.6. The summed E-state index contributed by atoms with van der Waals surface area (Å²) in [6.45, 7) is 4.09. The molecule has 0 fully saturated rings. The van der Waals surface area contributed by atoms with Crippen molar-refractivity contribution < 1.29 is 23.7 Å². The van der Waals surface area contributed by atoms with Crippen LogP contribution in [0.4, 0.5) is 0 Å². The summed E-state index contributed by atoms with van der Waals surface area (Å²) in [6.07, 6.45) is 4.50. The Labute approximate surface area is 286 Å². The molecule has 3 amide bonds. The van der Waals surface area contributed by atoms with Crippen LogP contribution in [-0.2, 0) is 44.8 Å². The normalized spacial score (nSPS) is 13.9. The number of ether oxygens (including phenoxy) is 1. The number of amides is 3. The molecule has 3 N–H and O–H groups in total. The zero-order valence-electron chi connectivity index (χ0n) is 28.0. The lowest BCUT2D eigenvalue weighted by molar-refractivity contribution is -0.132. The third kappa shape index (κ3) is 11.6. The summed E-state index contributed by atoms with van der Waals surface area (Å²) in [7, 11) is 1.58. The summed E-state index contributed by atoms with van der Waals surface area (Å²) in [5.74, 6) is -0.206. The Kier molecular flexibility index (Phi) is 13.6. The Bertz CT molecular complexity index is 1670. The van der Waals surface area contributed by atoms with Crippen molar-refractivity contribution in [3.8, 4) is 5.75 Å². The van der Waals surface area contributed by atoms with Crippen LogP contribution in [0.15, 0.2) is 109 Å². The van der Waals surface area contributed by atoms with Gasteiger partial charge in [-0.25, -0.2) is 0 Å². The molecule has 252 valence electrons. The molecule has 0 aromatic heterocycles. The maximum Gasteiger partial charge on any atom is 0.243 e. The molecule has 8 nitrogen and oxygen atoms in total. The summed E-state index contributed by atoms with van der Waals surface area (Å²) in [5.41, 5.74) is 2.52. The van der Waals surface area contributed by atoms with Crippen LogP contribution in [0.2, 0.25) is 0 Å². The Morgan fingerprint density at radius 2 is 1.33 bits per heavy atom. The highest BCUT2D eigenvalue weighted by atomic mass is 32.2. The van der Waals surface area contributed by atoms with Gasteiger partial charge in [-0.3, -0.25) is 14.4 Å². The molecule has 4 rings (SSSR count). The lowest BCUT2D eigenvalue weighted by Crippen LogP contribution is -2.56. The molecule has 4 atom stereocenters. The Morgan fingerprint density at radius 3 is 1.98 bits per heavy atom. The minimum Gasteiger partial charge on any atom is -0.612 e. The van der Waals surface area contributed by atoms with Crippen molar-refractivity contribution in [2.75, 3.05) is 13.4 Å². The van der Waals surface area contributed by atoms with Crippen LogP contribution in [-0.4, -0.2) is 53.8 Å². The SMILES string of the molecule is COc1ccc(C[C@H](NC(=O)Cc2ccc3ccccc3c2)C(=O)N[C@@H](Cc2ccccc2)C(=O)N[C@H](/C=C/[S+](C)[O-])CC(C)C)cc1. The molecular formula is C39H45N3O5S. The van der Waals surface area contributed by atoms with E-state index in [4.69, 9.17) is 4.74 Å². The maximum absolute atomic E-state index is 14.0. The minimum atomic E-state index is -1.17. The summed E-state index contributed by atoms with van der Waals surface area (Å²) < 4.78 is 17.1. The molecule has 0 saturated carbocycles. The van der Waals surface area contributed by atoms with E-state index in [1.54, 1.807) is 37.0 Å². The van der Waals surface area contributed by atoms with Crippen LogP contribution in [0.1, 0.15) is 37.0 Å². The minimum absolute atomic E-state index is 0.0904. The fraction of sp³-hybridized carbons (Fsp3) is 0.308. The van der Waals surface area contributed by atoms with Gasteiger partial charge in [0.15, 0.2) is 0 Å². The first-order chi connectivity index (χ1) is 23.1. The quantitative estimate of drug-likeness (QED) is 0.141. The molecule has 9 heteroatoms. The zero-order chi connectivity index (χ0) is 34.5. The van der Waals surface area contributed by atoms with Gasteiger partial charge in [0.25, 0.3) is 0 Å². The van der Waals surface area contributed by atoms with Crippen LogP contribution in [0.25, 0.3) is 10.8 Å². The Balaban J connectivity index is 1.57. The van der Waals surface area contributed by atoms with Gasteiger partial charge in [-0.05, 0) is 69.2 Å². The number of hydrogen-bond donors (Lipinski definition) is 3. The van der Waals surface area contributed by atoms with E-state index in [0.717, 1.165) is 27.5 Å². The molecule has 0 aliphatic carbocycles. The average molecular weight is 668 g/mol. The maximum atomic E-state index is 14.0. The monoisotopic (exact) mass is 667 g/mol. The van der Waals surface area contributed by atoms with Gasteiger partial charge >= 0.3 is 0 Å². The predicted octanol–water partition coefficient (Wildman–Crippen LogP) is 5.27. The number of nitrogens with one attached hydrogen (secondary N) is 3. The number of carbonyl (C=O) groups is 3. The van der Waals surface area contributed by atoms with Gasteiger partial charge in [0.1, 0.15) is 23.2 Å². The third-order valence-electron chi connectivity index (χ3n) is 7.90. The zero-order valence-corrected chi connectivity index (χ0v) is 28.8. The number of hydrogen-bond acceptors (Lipinski definition) is 5. The van der Waals surface area contributed by atoms with Gasteiger partial charge in [0.05, 0.1) is 25.8 Å². The van der Waals surface area contributed by atoms with Crippen LogP contribution >= 0.6 is 0 Å². The summed E-state index contributed by atoms with van der Waals surface area (Å²) in [6, 6.07) is 28.3. The van der Waals surface area contributed by atoms with Gasteiger partial charge in [-0.2, -0.15) is 0 Å². The number of benzene rings is 4. The Morgan fingerprint density at radius 1 is 0.750 bits per heavy atom. The predicted molar refractivity (Wildman–Crippen MR) is 193 cm³/mol. The van der Waals surface area contributed by atoms with Gasteiger partial charge in [-0.15, -0.1) is 0 Å². The van der Waals surface area contributed by atoms with Crippen LogP contribution in [0.5, 0.6) is 5.75 Å². The van der Waals surface area contributed by atoms with E-state index in [1.165, 1.54) is 0 Å². The van der Waals surface area contributed by atoms with Crippen molar-refractivity contribution in [3.05, 3.63) is 125 Å². The number of carbonyl (C=O) groups excluding carboxylic acids is 3. The van der Waals surface area contributed by atoms with Crippen LogP contribution in [0, 0.1) is 5.92 Å². The van der Waals surface area contributed by atoms with Gasteiger partial charge < -0.3 is 25.2 Å². The fourth-order valence-electron chi connectivity index (χ4n) is 5.50. The molecule has 4 aromatic carbocycles. The van der Waals surface area contributed by atoms with E-state index >= 15 is 0 Å². The van der Waals surface area contributed by atoms with Crippen LogP contribution in [0.3, 0.4) is 0 Å². The van der Waals surface area contributed by atoms with E-state index in [1.807, 2.05) is 98.8 Å². The highest BCUT2D eigenvalue weighted by molar-refractivity contribution is 7.93. The summed E-state index contributed by atoms with van der Waals surface area (Å²) in [4.78, 5) is 41.3. The second-order valence-corrected chi connectivity index (χ2v) is 13.6. The molecule has 0 spiro atoms. The molecule has 0 radical (unpaired) electrons. The molecule has 1 unspecified atom stereocenters. The number of methoxy groups -OCH3 is 1. The first-order valence-corrected chi connectivity index (χ1v) is 17.8. The standard InChI is InChI=1S/C39H45N3O5S/c1-27(2)22-33(20-21-48(4)46)40-38(44)36(24-28-10-6-5-7-11-28)42-39(45)35(25-29-15-18-34(47-3)19-16-29)41-37(43)26-30-14-17-31-12-8-9-13-32(31)23-30/h5-21,23,27,33,35-36H,22,24-26H2,1-4H3,(H,40,44)(H,41,43)(H,42,45)/b21-20+/t33-,35+,36+,48?/m1/s1. The lowest BCUT2D eigenvalue weighted by atomic mass is 10.0. The van der Waals surface area contributed by atoms with Gasteiger partial charge in [0, 0.05) is 12.8 Å². The largest absolute Gasteiger partial charge is 0.612 e. The van der Waals surface area contributed by atoms with Crippen molar-refractivity contribution >= 4 is 39.7 Å². The van der Waals surface area contributed by atoms with E-state index < -0.39 is 29.2 Å². The molecule has 4 aromatic rings. The van der Waals surface area contributed by atoms with Crippen molar-refractivity contribution in [3.63, 3.8) is 0 Å². The van der Waals surface area contributed by atoms with Crippen molar-refractivity contribution in [1.29, 1.82) is 0 Å². The fourth-order valence-corrected chi connectivity index (χ4v) is 5.91. The van der Waals surface area contributed by atoms with Gasteiger partial charge in [0.2, 0.25) is 17.7 Å². The molecule has 48 heavy (non-hydrogen) atoms. The molecular weight excluding hydrogens is 623 g/mol. The Hall–Kier alpha value is -4.60. The topological polar surface area (TPSA) is 120 Å². The van der Waals surface area contributed by atoms with E-state index in [0.29, 0.717) is 12.2 Å². The molecule has 0 heterocycles. The number of fused-ring (bicyclic) bond motifs is 1. The van der Waals surface area contributed by atoms with E-state index in [2.05, 4.69) is 16.0 Å². The van der Waals surface area contributed by atoms with E-state index in [9.17, 15) is 18.9 Å². The van der Waals surface area contributed by atoms with Gasteiger partial charge in [-0.1, -0.05) is 98.8 Å². The smallest absolute Gasteiger partial charge is 0.243 e. The first kappa shape index (κ1) is 36.2. The highest BCUT2D eigenvalue weighted by Crippen LogP contribution is 2.17. The van der Waals surface area contributed by atoms with E-state index in [-0.39, 0.29) is 43.0 Å². The lowest BCUT2D eigenvalue weighted by Gasteiger charge is -2.25. The first-order valence-electron chi connectivity index (χ1n) is 16.1. The second-order valence-electron chi connectivity index (χ2n) is 12.4. The van der Waals surface area contributed by atoms with Crippen LogP contribution < -0.4 is 20.7 Å². The average Bonchev–Trinajstić information content (AvgIpc) is 3.07. The molecule has 0 aliphatic heterocycles. The molecule has 0 saturated heterocycles. The third-order valence-corrected chi connectivity index (χ3v) is 8.44. The van der Waals surface area contributed by atoms with Crippen molar-refractivity contribution in [2.45, 2.75) is 57.7 Å². The molecule has 0 bridgehead atoms. The van der Waals surface area contributed by atoms with Crippen molar-refractivity contribution in [1.82, 2.24) is 16.0 Å². The molecule has 0 aliphatic rings. The second kappa shape index (κ2) is 18.1. The summed E-state index contributed by atoms with van der Waals surface area (Å²) >= 11 is -1.17. The number of rotatable bonds is 16.